The maximum absolute atomic E-state index is 13.2. The van der Waals surface area contributed by atoms with Crippen molar-refractivity contribution in [2.24, 2.45) is 0 Å². The van der Waals surface area contributed by atoms with Crippen LogP contribution in [0.3, 0.4) is 0 Å². The average molecular weight is 340 g/mol. The Bertz CT molecular complexity index is 1150. The highest BCUT2D eigenvalue weighted by atomic mass is 16.4. The molecule has 0 spiro atoms. The molecule has 0 radical (unpaired) electrons. The molecule has 0 aliphatic heterocycles. The zero-order valence-corrected chi connectivity index (χ0v) is 14.2. The Labute approximate surface area is 150 Å². The van der Waals surface area contributed by atoms with Crippen molar-refractivity contribution in [2.45, 2.75) is 6.92 Å². The summed E-state index contributed by atoms with van der Waals surface area (Å²) in [6.45, 7) is 1.95. The maximum Gasteiger partial charge on any atom is 0.348 e. The highest BCUT2D eigenvalue weighted by Crippen LogP contribution is 2.31. The number of benzene rings is 3. The second-order valence-corrected chi connectivity index (χ2v) is 6.20. The van der Waals surface area contributed by atoms with Gasteiger partial charge in [-0.15, -0.1) is 0 Å². The van der Waals surface area contributed by atoms with E-state index >= 15 is 0 Å². The first kappa shape index (κ1) is 16.0. The number of carbonyl (C=O) groups excluding carboxylic acids is 1. The van der Waals surface area contributed by atoms with E-state index in [4.69, 9.17) is 4.42 Å². The van der Waals surface area contributed by atoms with Crippen LogP contribution in [0, 0.1) is 6.92 Å². The van der Waals surface area contributed by atoms with Gasteiger partial charge < -0.3 is 4.42 Å². The summed E-state index contributed by atoms with van der Waals surface area (Å²) >= 11 is 0. The Balaban J connectivity index is 2.05. The molecule has 0 saturated heterocycles. The van der Waals surface area contributed by atoms with E-state index in [1.807, 2.05) is 67.6 Å². The standard InChI is InChI=1S/C23H16O3/c1-15-11-13-17(14-12-15)22(24)21-20(16-7-3-2-4-8-16)18-9-5-6-10-19(18)26-23(21)25/h2-14H,1H3. The SMILES string of the molecule is Cc1ccc(C(=O)c2c(-c3ccccc3)c3ccccc3oc2=O)cc1. The molecule has 0 aliphatic carbocycles. The van der Waals surface area contributed by atoms with Gasteiger partial charge in [-0.25, -0.2) is 4.79 Å². The molecule has 3 aromatic carbocycles. The normalized spacial score (nSPS) is 10.8. The molecule has 126 valence electrons. The van der Waals surface area contributed by atoms with Gasteiger partial charge in [0, 0.05) is 16.5 Å². The Morgan fingerprint density at radius 3 is 2.19 bits per heavy atom. The zero-order chi connectivity index (χ0) is 18.1. The summed E-state index contributed by atoms with van der Waals surface area (Å²) < 4.78 is 5.44. The molecule has 1 heterocycles. The van der Waals surface area contributed by atoms with E-state index in [1.54, 1.807) is 18.2 Å². The molecular formula is C23H16O3. The lowest BCUT2D eigenvalue weighted by Crippen LogP contribution is -2.17. The van der Waals surface area contributed by atoms with Gasteiger partial charge in [0.05, 0.1) is 0 Å². The minimum atomic E-state index is -0.617. The van der Waals surface area contributed by atoms with Gasteiger partial charge in [0.1, 0.15) is 11.1 Å². The number of hydrogen-bond donors (Lipinski definition) is 0. The molecule has 0 fully saturated rings. The summed E-state index contributed by atoms with van der Waals surface area (Å²) in [6, 6.07) is 23.9. The van der Waals surface area contributed by atoms with Crippen LogP contribution < -0.4 is 5.63 Å². The highest BCUT2D eigenvalue weighted by Gasteiger charge is 2.23. The van der Waals surface area contributed by atoms with Gasteiger partial charge in [0.2, 0.25) is 5.78 Å². The lowest BCUT2D eigenvalue weighted by Gasteiger charge is -2.11. The van der Waals surface area contributed by atoms with Crippen LogP contribution in [0.25, 0.3) is 22.1 Å². The van der Waals surface area contributed by atoms with Gasteiger partial charge in [-0.1, -0.05) is 78.4 Å². The molecule has 0 N–H and O–H groups in total. The lowest BCUT2D eigenvalue weighted by molar-refractivity contribution is 0.103. The van der Waals surface area contributed by atoms with Crippen molar-refractivity contribution in [1.82, 2.24) is 0 Å². The minimum absolute atomic E-state index is 0.0683. The molecule has 26 heavy (non-hydrogen) atoms. The number of para-hydroxylation sites is 1. The predicted octanol–water partition coefficient (Wildman–Crippen LogP) is 5.00. The summed E-state index contributed by atoms with van der Waals surface area (Å²) in [4.78, 5) is 25.9. The van der Waals surface area contributed by atoms with Crippen molar-refractivity contribution in [2.75, 3.05) is 0 Å². The largest absolute Gasteiger partial charge is 0.422 e. The summed E-state index contributed by atoms with van der Waals surface area (Å²) in [6.07, 6.45) is 0. The number of fused-ring (bicyclic) bond motifs is 1. The van der Waals surface area contributed by atoms with Crippen LogP contribution in [0.2, 0.25) is 0 Å². The topological polar surface area (TPSA) is 47.3 Å². The third-order valence-electron chi connectivity index (χ3n) is 4.42. The smallest absolute Gasteiger partial charge is 0.348 e. The van der Waals surface area contributed by atoms with Crippen molar-refractivity contribution in [3.63, 3.8) is 0 Å². The van der Waals surface area contributed by atoms with Crippen LogP contribution in [0.5, 0.6) is 0 Å². The average Bonchev–Trinajstić information content (AvgIpc) is 2.67. The molecule has 0 unspecified atom stereocenters. The Morgan fingerprint density at radius 1 is 0.808 bits per heavy atom. The van der Waals surface area contributed by atoms with Gasteiger partial charge in [0.25, 0.3) is 0 Å². The molecule has 1 aromatic heterocycles. The number of aryl methyl sites for hydroxylation is 1. The van der Waals surface area contributed by atoms with Gasteiger partial charge in [-0.2, -0.15) is 0 Å². The van der Waals surface area contributed by atoms with Crippen LogP contribution in [0.1, 0.15) is 21.5 Å². The molecule has 0 saturated carbocycles. The fourth-order valence-corrected chi connectivity index (χ4v) is 3.11. The van der Waals surface area contributed by atoms with E-state index in [9.17, 15) is 9.59 Å². The van der Waals surface area contributed by atoms with E-state index in [-0.39, 0.29) is 11.3 Å². The maximum atomic E-state index is 13.2. The van der Waals surface area contributed by atoms with Crippen molar-refractivity contribution < 1.29 is 9.21 Å². The van der Waals surface area contributed by atoms with E-state index in [1.165, 1.54) is 0 Å². The monoisotopic (exact) mass is 340 g/mol. The summed E-state index contributed by atoms with van der Waals surface area (Å²) in [7, 11) is 0. The van der Waals surface area contributed by atoms with Crippen molar-refractivity contribution in [3.8, 4) is 11.1 Å². The molecule has 3 heteroatoms. The number of ketones is 1. The first-order chi connectivity index (χ1) is 12.6. The molecule has 0 bridgehead atoms. The third kappa shape index (κ3) is 2.74. The third-order valence-corrected chi connectivity index (χ3v) is 4.42. The van der Waals surface area contributed by atoms with Crippen LogP contribution in [-0.2, 0) is 0 Å². The Kier molecular flexibility index (Phi) is 3.98. The second-order valence-electron chi connectivity index (χ2n) is 6.20. The molecular weight excluding hydrogens is 324 g/mol. The predicted molar refractivity (Wildman–Crippen MR) is 103 cm³/mol. The number of hydrogen-bond acceptors (Lipinski definition) is 3. The Hall–Kier alpha value is -3.46. The lowest BCUT2D eigenvalue weighted by atomic mass is 9.92. The molecule has 0 amide bonds. The van der Waals surface area contributed by atoms with E-state index in [0.29, 0.717) is 16.7 Å². The van der Waals surface area contributed by atoms with Gasteiger partial charge in [0.15, 0.2) is 0 Å². The van der Waals surface area contributed by atoms with Crippen LogP contribution >= 0.6 is 0 Å². The first-order valence-electron chi connectivity index (χ1n) is 8.38. The fraction of sp³-hybridized carbons (Fsp3) is 0.0435. The molecule has 0 atom stereocenters. The van der Waals surface area contributed by atoms with Crippen LogP contribution in [0.15, 0.2) is 88.1 Å². The summed E-state index contributed by atoms with van der Waals surface area (Å²) in [5.74, 6) is -0.330. The Morgan fingerprint density at radius 2 is 1.46 bits per heavy atom. The van der Waals surface area contributed by atoms with Crippen molar-refractivity contribution in [1.29, 1.82) is 0 Å². The molecule has 3 nitrogen and oxygen atoms in total. The van der Waals surface area contributed by atoms with Crippen LogP contribution in [-0.4, -0.2) is 5.78 Å². The van der Waals surface area contributed by atoms with Crippen molar-refractivity contribution in [3.05, 3.63) is 106 Å². The summed E-state index contributed by atoms with van der Waals surface area (Å²) in [5.41, 5.74) is 2.87. The first-order valence-corrected chi connectivity index (χ1v) is 8.38. The van der Waals surface area contributed by atoms with E-state index < -0.39 is 5.63 Å². The second kappa shape index (κ2) is 6.45. The molecule has 4 rings (SSSR count). The van der Waals surface area contributed by atoms with Gasteiger partial charge in [-0.3, -0.25) is 4.79 Å². The van der Waals surface area contributed by atoms with E-state index in [2.05, 4.69) is 0 Å². The number of carbonyl (C=O) groups is 1. The summed E-state index contributed by atoms with van der Waals surface area (Å²) in [5, 5.41) is 0.744. The molecule has 4 aromatic rings. The zero-order valence-electron chi connectivity index (χ0n) is 14.2. The number of rotatable bonds is 3. The van der Waals surface area contributed by atoms with Gasteiger partial charge in [-0.05, 0) is 18.6 Å². The molecule has 0 aliphatic rings. The van der Waals surface area contributed by atoms with Crippen molar-refractivity contribution >= 4 is 16.8 Å². The van der Waals surface area contributed by atoms with Crippen LogP contribution in [0.4, 0.5) is 0 Å². The van der Waals surface area contributed by atoms with E-state index in [0.717, 1.165) is 16.5 Å². The quantitative estimate of drug-likeness (QED) is 0.389. The highest BCUT2D eigenvalue weighted by molar-refractivity contribution is 6.16. The van der Waals surface area contributed by atoms with Gasteiger partial charge >= 0.3 is 5.63 Å². The fourth-order valence-electron chi connectivity index (χ4n) is 3.11. The minimum Gasteiger partial charge on any atom is -0.422 e.